The third kappa shape index (κ3) is 7.72. The average molecular weight is 507 g/mol. The van der Waals surface area contributed by atoms with Gasteiger partial charge < -0.3 is 29.5 Å². The minimum absolute atomic E-state index is 0.0646. The second-order valence-corrected chi connectivity index (χ2v) is 8.46. The van der Waals surface area contributed by atoms with Crippen LogP contribution >= 0.6 is 0 Å². The van der Waals surface area contributed by atoms with Gasteiger partial charge in [0.1, 0.15) is 11.8 Å². The Morgan fingerprint density at radius 3 is 2.14 bits per heavy atom. The Bertz CT molecular complexity index is 1150. The third-order valence-electron chi connectivity index (χ3n) is 6.00. The maximum atomic E-state index is 13.8. The number of carbonyl (C=O) groups is 2. The third-order valence-corrected chi connectivity index (χ3v) is 6.00. The Balaban J connectivity index is 1.96. The Labute approximate surface area is 217 Å². The van der Waals surface area contributed by atoms with Gasteiger partial charge in [-0.1, -0.05) is 48.5 Å². The summed E-state index contributed by atoms with van der Waals surface area (Å²) in [5.74, 6) is 1.25. The van der Waals surface area contributed by atoms with E-state index < -0.39 is 6.04 Å². The second kappa shape index (κ2) is 13.9. The molecular weight excluding hydrogens is 472 g/mol. The second-order valence-electron chi connectivity index (χ2n) is 8.46. The highest BCUT2D eigenvalue weighted by Gasteiger charge is 2.30. The Kier molecular flexibility index (Phi) is 10.3. The zero-order valence-electron chi connectivity index (χ0n) is 21.5. The molecule has 0 aliphatic rings. The van der Waals surface area contributed by atoms with Crippen molar-refractivity contribution >= 4 is 11.8 Å². The summed E-state index contributed by atoms with van der Waals surface area (Å²) in [6, 6.07) is 21.5. The van der Waals surface area contributed by atoms with Gasteiger partial charge in [-0.15, -0.1) is 0 Å². The summed E-state index contributed by atoms with van der Waals surface area (Å²) in [6.07, 6.45) is 0.390. The zero-order valence-corrected chi connectivity index (χ0v) is 21.5. The molecule has 0 saturated carbocycles. The van der Waals surface area contributed by atoms with E-state index in [1.54, 1.807) is 38.4 Å². The molecule has 0 radical (unpaired) electrons. The Morgan fingerprint density at radius 2 is 1.51 bits per heavy atom. The number of aliphatic hydroxyl groups is 1. The number of nitrogens with one attached hydrogen (secondary N) is 1. The van der Waals surface area contributed by atoms with Crippen molar-refractivity contribution in [3.63, 3.8) is 0 Å². The summed E-state index contributed by atoms with van der Waals surface area (Å²) >= 11 is 0. The van der Waals surface area contributed by atoms with Crippen LogP contribution in [-0.4, -0.2) is 62.3 Å². The highest BCUT2D eigenvalue weighted by molar-refractivity contribution is 5.89. The molecule has 0 heterocycles. The van der Waals surface area contributed by atoms with Crippen LogP contribution in [0.5, 0.6) is 17.2 Å². The van der Waals surface area contributed by atoms with Crippen LogP contribution in [0.15, 0.2) is 72.8 Å². The van der Waals surface area contributed by atoms with Crippen LogP contribution < -0.4 is 19.5 Å². The van der Waals surface area contributed by atoms with Gasteiger partial charge in [-0.3, -0.25) is 9.59 Å². The number of methoxy groups -OCH3 is 3. The highest BCUT2D eigenvalue weighted by Crippen LogP contribution is 2.28. The van der Waals surface area contributed by atoms with Crippen LogP contribution in [0.3, 0.4) is 0 Å². The van der Waals surface area contributed by atoms with Crippen molar-refractivity contribution < 1.29 is 28.9 Å². The van der Waals surface area contributed by atoms with Gasteiger partial charge in [-0.2, -0.15) is 0 Å². The molecule has 1 atom stereocenters. The van der Waals surface area contributed by atoms with Crippen LogP contribution in [0, 0.1) is 0 Å². The summed E-state index contributed by atoms with van der Waals surface area (Å²) in [4.78, 5) is 28.7. The van der Waals surface area contributed by atoms with Crippen LogP contribution in [0.2, 0.25) is 0 Å². The van der Waals surface area contributed by atoms with E-state index in [0.717, 1.165) is 16.7 Å². The Morgan fingerprint density at radius 1 is 0.838 bits per heavy atom. The van der Waals surface area contributed by atoms with E-state index in [1.165, 1.54) is 0 Å². The highest BCUT2D eigenvalue weighted by atomic mass is 16.5. The molecule has 0 spiro atoms. The Hall–Kier alpha value is -4.04. The summed E-state index contributed by atoms with van der Waals surface area (Å²) in [5, 5.41) is 12.0. The summed E-state index contributed by atoms with van der Waals surface area (Å²) in [5.41, 5.74) is 2.51. The first-order chi connectivity index (χ1) is 18.0. The number of ether oxygens (including phenoxy) is 3. The van der Waals surface area contributed by atoms with E-state index in [4.69, 9.17) is 14.2 Å². The lowest BCUT2D eigenvalue weighted by Crippen LogP contribution is -2.51. The molecule has 0 bridgehead atoms. The fourth-order valence-corrected chi connectivity index (χ4v) is 4.05. The normalized spacial score (nSPS) is 11.4. The smallest absolute Gasteiger partial charge is 0.243 e. The molecule has 8 heteroatoms. The van der Waals surface area contributed by atoms with Crippen LogP contribution in [0.1, 0.15) is 16.7 Å². The van der Waals surface area contributed by atoms with Gasteiger partial charge in [0.05, 0.1) is 34.4 Å². The molecule has 0 aliphatic heterocycles. The molecule has 0 aliphatic carbocycles. The van der Waals surface area contributed by atoms with Gasteiger partial charge in [-0.25, -0.2) is 0 Å². The summed E-state index contributed by atoms with van der Waals surface area (Å²) < 4.78 is 16.0. The molecule has 0 fully saturated rings. The molecule has 2 N–H and O–H groups in total. The molecule has 196 valence electrons. The van der Waals surface area contributed by atoms with Crippen molar-refractivity contribution in [2.24, 2.45) is 0 Å². The van der Waals surface area contributed by atoms with Gasteiger partial charge in [0.25, 0.3) is 0 Å². The topological polar surface area (TPSA) is 97.3 Å². The number of amides is 2. The molecule has 3 aromatic carbocycles. The van der Waals surface area contributed by atoms with Gasteiger partial charge in [0, 0.05) is 19.5 Å². The number of rotatable bonds is 13. The molecule has 3 rings (SSSR count). The standard InChI is InChI=1S/C29H34N2O6/c1-35-24-12-9-22(10-13-24)20-31(28(33)19-23-11-14-26(36-2)27(18-23)37-3)25(29(34)30-15-16-32)17-21-7-5-4-6-8-21/h4-14,18,25,32H,15-17,19-20H2,1-3H3,(H,30,34)/t25-/m1/s1. The van der Waals surface area contributed by atoms with Crippen LogP contribution in [0.25, 0.3) is 0 Å². The van der Waals surface area contributed by atoms with Crippen molar-refractivity contribution in [3.05, 3.63) is 89.5 Å². The van der Waals surface area contributed by atoms with Crippen molar-refractivity contribution in [3.8, 4) is 17.2 Å². The van der Waals surface area contributed by atoms with E-state index in [0.29, 0.717) is 23.7 Å². The van der Waals surface area contributed by atoms with E-state index in [2.05, 4.69) is 5.32 Å². The first-order valence-electron chi connectivity index (χ1n) is 12.0. The summed E-state index contributed by atoms with van der Waals surface area (Å²) in [7, 11) is 4.69. The van der Waals surface area contributed by atoms with E-state index in [9.17, 15) is 14.7 Å². The van der Waals surface area contributed by atoms with Crippen molar-refractivity contribution in [2.75, 3.05) is 34.5 Å². The number of hydrogen-bond donors (Lipinski definition) is 2. The lowest BCUT2D eigenvalue weighted by atomic mass is 10.0. The number of hydrogen-bond acceptors (Lipinski definition) is 6. The average Bonchev–Trinajstić information content (AvgIpc) is 2.94. The minimum Gasteiger partial charge on any atom is -0.497 e. The lowest BCUT2D eigenvalue weighted by Gasteiger charge is -2.31. The summed E-state index contributed by atoms with van der Waals surface area (Å²) in [6.45, 7) is 0.131. The molecule has 8 nitrogen and oxygen atoms in total. The van der Waals surface area contributed by atoms with E-state index in [-0.39, 0.29) is 37.9 Å². The fraction of sp³-hybridized carbons (Fsp3) is 0.310. The van der Waals surface area contributed by atoms with Crippen molar-refractivity contribution in [1.82, 2.24) is 10.2 Å². The number of carbonyl (C=O) groups excluding carboxylic acids is 2. The minimum atomic E-state index is -0.788. The van der Waals surface area contributed by atoms with Gasteiger partial charge in [-0.05, 0) is 41.0 Å². The monoisotopic (exact) mass is 506 g/mol. The van der Waals surface area contributed by atoms with Crippen LogP contribution in [0.4, 0.5) is 0 Å². The van der Waals surface area contributed by atoms with Crippen molar-refractivity contribution in [1.29, 1.82) is 0 Å². The first-order valence-corrected chi connectivity index (χ1v) is 12.0. The SMILES string of the molecule is COc1ccc(CN(C(=O)Cc2ccc(OC)c(OC)c2)[C@H](Cc2ccccc2)C(=O)NCCO)cc1. The molecule has 37 heavy (non-hydrogen) atoms. The number of aliphatic hydroxyl groups excluding tert-OH is 1. The number of benzene rings is 3. The molecular formula is C29H34N2O6. The predicted octanol–water partition coefficient (Wildman–Crippen LogP) is 3.00. The molecule has 3 aromatic rings. The van der Waals surface area contributed by atoms with Gasteiger partial charge in [0.15, 0.2) is 11.5 Å². The van der Waals surface area contributed by atoms with Crippen molar-refractivity contribution in [2.45, 2.75) is 25.4 Å². The quantitative estimate of drug-likeness (QED) is 0.370. The van der Waals surface area contributed by atoms with E-state index >= 15 is 0 Å². The molecule has 0 unspecified atom stereocenters. The number of nitrogens with zero attached hydrogens (tertiary/aromatic N) is 1. The van der Waals surface area contributed by atoms with Gasteiger partial charge in [0.2, 0.25) is 11.8 Å². The van der Waals surface area contributed by atoms with E-state index in [1.807, 2.05) is 60.7 Å². The molecule has 0 saturated heterocycles. The van der Waals surface area contributed by atoms with Gasteiger partial charge >= 0.3 is 0 Å². The first kappa shape index (κ1) is 27.5. The lowest BCUT2D eigenvalue weighted by molar-refractivity contribution is -0.140. The zero-order chi connectivity index (χ0) is 26.6. The maximum Gasteiger partial charge on any atom is 0.243 e. The fourth-order valence-electron chi connectivity index (χ4n) is 4.05. The maximum absolute atomic E-state index is 13.8. The van der Waals surface area contributed by atoms with Crippen LogP contribution in [-0.2, 0) is 29.0 Å². The molecule has 0 aromatic heterocycles. The predicted molar refractivity (Wildman–Crippen MR) is 141 cm³/mol. The molecule has 2 amide bonds. The largest absolute Gasteiger partial charge is 0.497 e.